The Balaban J connectivity index is 1.26. The lowest BCUT2D eigenvalue weighted by molar-refractivity contribution is 0.0570. The van der Waals surface area contributed by atoms with Crippen LogP contribution in [0.4, 0.5) is 4.79 Å². The van der Waals surface area contributed by atoms with Gasteiger partial charge in [-0.1, -0.05) is 91.9 Å². The van der Waals surface area contributed by atoms with E-state index < -0.39 is 0 Å². The molecule has 6 heteroatoms. The van der Waals surface area contributed by atoms with E-state index in [1.165, 1.54) is 5.56 Å². The molecule has 2 unspecified atom stereocenters. The van der Waals surface area contributed by atoms with Gasteiger partial charge in [0.25, 0.3) is 5.91 Å². The fourth-order valence-corrected chi connectivity index (χ4v) is 6.80. The van der Waals surface area contributed by atoms with Crippen LogP contribution in [0, 0.1) is 0 Å². The Labute approximate surface area is 250 Å². The van der Waals surface area contributed by atoms with Crippen LogP contribution < -0.4 is 0 Å². The third-order valence-corrected chi connectivity index (χ3v) is 9.15. The Bertz CT molecular complexity index is 1350. The third-order valence-electron chi connectivity index (χ3n) is 9.15. The first-order chi connectivity index (χ1) is 20.5. The number of nitrogens with zero attached hydrogens (tertiary/aromatic N) is 3. The van der Waals surface area contributed by atoms with E-state index in [1.54, 1.807) is 6.08 Å². The molecule has 3 aromatic carbocycles. The maximum absolute atomic E-state index is 13.4. The number of likely N-dealkylation sites (N-methyl/N-ethyl adjacent to an activating group) is 1. The number of benzene rings is 3. The van der Waals surface area contributed by atoms with Crippen molar-refractivity contribution < 1.29 is 14.3 Å². The average molecular weight is 566 g/mol. The molecule has 2 heterocycles. The van der Waals surface area contributed by atoms with Gasteiger partial charge in [-0.25, -0.2) is 4.79 Å². The highest BCUT2D eigenvalue weighted by Crippen LogP contribution is 2.48. The second-order valence-electron chi connectivity index (χ2n) is 11.7. The van der Waals surface area contributed by atoms with Gasteiger partial charge in [-0.05, 0) is 55.5 Å². The Morgan fingerprint density at radius 1 is 1.00 bits per heavy atom. The highest BCUT2D eigenvalue weighted by molar-refractivity contribution is 5.99. The van der Waals surface area contributed by atoms with E-state index in [0.29, 0.717) is 13.1 Å². The van der Waals surface area contributed by atoms with E-state index in [9.17, 15) is 9.59 Å². The summed E-state index contributed by atoms with van der Waals surface area (Å²) in [7, 11) is 0. The van der Waals surface area contributed by atoms with Crippen LogP contribution in [-0.2, 0) is 16.8 Å². The second kappa shape index (κ2) is 13.4. The molecule has 0 saturated carbocycles. The first-order valence-corrected chi connectivity index (χ1v) is 15.2. The van der Waals surface area contributed by atoms with Gasteiger partial charge in [0.2, 0.25) is 0 Å². The van der Waals surface area contributed by atoms with Crippen molar-refractivity contribution in [3.63, 3.8) is 0 Å². The minimum Gasteiger partial charge on any atom is -0.445 e. The zero-order valence-electron chi connectivity index (χ0n) is 25.0. The van der Waals surface area contributed by atoms with Crippen molar-refractivity contribution in [1.82, 2.24) is 14.7 Å². The van der Waals surface area contributed by atoms with Crippen LogP contribution in [0.3, 0.4) is 0 Å². The van der Waals surface area contributed by atoms with Crippen LogP contribution in [-0.4, -0.2) is 65.5 Å². The molecule has 1 saturated heterocycles. The molecule has 5 rings (SSSR count). The predicted molar refractivity (Wildman–Crippen MR) is 167 cm³/mol. The molecule has 1 fully saturated rings. The molecule has 3 aromatic rings. The maximum Gasteiger partial charge on any atom is 0.410 e. The van der Waals surface area contributed by atoms with E-state index in [2.05, 4.69) is 66.6 Å². The largest absolute Gasteiger partial charge is 0.445 e. The molecule has 2 aliphatic rings. The Morgan fingerprint density at radius 3 is 2.31 bits per heavy atom. The summed E-state index contributed by atoms with van der Waals surface area (Å²) in [5, 5.41) is 0. The van der Waals surface area contributed by atoms with Crippen LogP contribution >= 0.6 is 0 Å². The van der Waals surface area contributed by atoms with Gasteiger partial charge >= 0.3 is 6.09 Å². The number of ether oxygens (including phenoxy) is 1. The summed E-state index contributed by atoms with van der Waals surface area (Å²) >= 11 is 0. The molecule has 42 heavy (non-hydrogen) atoms. The Morgan fingerprint density at radius 2 is 1.64 bits per heavy atom. The van der Waals surface area contributed by atoms with Crippen molar-refractivity contribution in [2.24, 2.45) is 0 Å². The van der Waals surface area contributed by atoms with Crippen molar-refractivity contribution in [2.45, 2.75) is 57.2 Å². The van der Waals surface area contributed by atoms with Crippen LogP contribution in [0.25, 0.3) is 0 Å². The van der Waals surface area contributed by atoms with Gasteiger partial charge in [-0.15, -0.1) is 6.58 Å². The number of hydrogen-bond acceptors (Lipinski definition) is 4. The molecule has 2 atom stereocenters. The van der Waals surface area contributed by atoms with E-state index in [4.69, 9.17) is 4.74 Å². The Hall–Kier alpha value is -3.90. The van der Waals surface area contributed by atoms with E-state index in [0.717, 1.165) is 55.6 Å². The number of piperidine rings is 1. The van der Waals surface area contributed by atoms with Gasteiger partial charge in [-0.2, -0.15) is 0 Å². The van der Waals surface area contributed by atoms with Crippen LogP contribution in [0.2, 0.25) is 0 Å². The molecule has 2 amide bonds. The molecule has 0 radical (unpaired) electrons. The van der Waals surface area contributed by atoms with Gasteiger partial charge in [0.1, 0.15) is 6.61 Å². The van der Waals surface area contributed by atoms with E-state index in [1.807, 2.05) is 53.4 Å². The molecule has 0 spiro atoms. The topological polar surface area (TPSA) is 53.1 Å². The van der Waals surface area contributed by atoms with Crippen molar-refractivity contribution in [3.8, 4) is 0 Å². The number of carbonyl (C=O) groups is 2. The number of likely N-dealkylation sites (tertiary alicyclic amines) is 1. The third kappa shape index (κ3) is 6.14. The minimum absolute atomic E-state index is 0.0198. The van der Waals surface area contributed by atoms with Crippen LogP contribution in [0.5, 0.6) is 0 Å². The number of hydrogen-bond donors (Lipinski definition) is 0. The first-order valence-electron chi connectivity index (χ1n) is 15.2. The molecule has 0 aromatic heterocycles. The fraction of sp³-hybridized carbons (Fsp3) is 0.389. The lowest BCUT2D eigenvalue weighted by Gasteiger charge is -2.43. The van der Waals surface area contributed by atoms with Gasteiger partial charge < -0.3 is 19.4 Å². The molecule has 0 bridgehead atoms. The molecule has 0 aliphatic carbocycles. The smallest absolute Gasteiger partial charge is 0.410 e. The molecular weight excluding hydrogens is 522 g/mol. The zero-order chi connectivity index (χ0) is 29.5. The second-order valence-corrected chi connectivity index (χ2v) is 11.7. The lowest BCUT2D eigenvalue weighted by Crippen LogP contribution is -2.49. The Kier molecular flexibility index (Phi) is 9.43. The fourth-order valence-electron chi connectivity index (χ4n) is 6.80. The summed E-state index contributed by atoms with van der Waals surface area (Å²) in [6.07, 6.45) is 4.20. The number of rotatable bonds is 11. The van der Waals surface area contributed by atoms with Gasteiger partial charge in [0.15, 0.2) is 0 Å². The summed E-state index contributed by atoms with van der Waals surface area (Å²) in [5.74, 6) is 0.127. The number of fused-ring (bicyclic) bond motifs is 1. The molecular formula is C36H43N3O3. The van der Waals surface area contributed by atoms with Crippen LogP contribution in [0.15, 0.2) is 97.6 Å². The quantitative estimate of drug-likeness (QED) is 0.239. The van der Waals surface area contributed by atoms with Crippen molar-refractivity contribution in [2.75, 3.05) is 32.7 Å². The number of carbonyl (C=O) groups excluding carboxylic acids is 2. The standard InChI is InChI=1S/C36H43N3O3/c1-4-23-39(35(41)42-27-28-14-8-6-9-15-28)30-20-24-37(25-21-30)26-22-36(3,29-16-10-7-11-17-29)33-31-18-12-13-19-32(31)34(40)38(33)5-2/h4,6-19,30,33H,1,5,20-27H2,2-3H3. The monoisotopic (exact) mass is 565 g/mol. The highest BCUT2D eigenvalue weighted by atomic mass is 16.6. The van der Waals surface area contributed by atoms with Crippen molar-refractivity contribution in [3.05, 3.63) is 120 Å². The van der Waals surface area contributed by atoms with Crippen LogP contribution in [0.1, 0.15) is 66.2 Å². The van der Waals surface area contributed by atoms with Crippen molar-refractivity contribution >= 4 is 12.0 Å². The van der Waals surface area contributed by atoms with E-state index >= 15 is 0 Å². The summed E-state index contributed by atoms with van der Waals surface area (Å²) in [6, 6.07) is 28.7. The summed E-state index contributed by atoms with van der Waals surface area (Å²) < 4.78 is 5.67. The van der Waals surface area contributed by atoms with Gasteiger partial charge in [-0.3, -0.25) is 4.79 Å². The molecule has 6 nitrogen and oxygen atoms in total. The molecule has 0 N–H and O–H groups in total. The highest BCUT2D eigenvalue weighted by Gasteiger charge is 2.47. The molecule has 220 valence electrons. The SMILES string of the molecule is C=CCN(C(=O)OCc1ccccc1)C1CCN(CCC(C)(c2ccccc2)C2c3ccccc3C(=O)N2CC)CC1. The minimum atomic E-state index is -0.280. The summed E-state index contributed by atoms with van der Waals surface area (Å²) in [4.78, 5) is 32.9. The first kappa shape index (κ1) is 29.6. The zero-order valence-corrected chi connectivity index (χ0v) is 25.0. The van der Waals surface area contributed by atoms with Gasteiger partial charge in [0.05, 0.1) is 6.04 Å². The van der Waals surface area contributed by atoms with E-state index in [-0.39, 0.29) is 36.1 Å². The van der Waals surface area contributed by atoms with Crippen molar-refractivity contribution in [1.29, 1.82) is 0 Å². The predicted octanol–water partition coefficient (Wildman–Crippen LogP) is 6.84. The maximum atomic E-state index is 13.4. The summed E-state index contributed by atoms with van der Waals surface area (Å²) in [5.41, 5.74) is 3.93. The summed E-state index contributed by atoms with van der Waals surface area (Å²) in [6.45, 7) is 12.4. The van der Waals surface area contributed by atoms with Gasteiger partial charge in [0, 0.05) is 43.2 Å². The number of amides is 2. The average Bonchev–Trinajstić information content (AvgIpc) is 3.34. The molecule has 2 aliphatic heterocycles. The lowest BCUT2D eigenvalue weighted by atomic mass is 9.70. The normalized spacial score (nSPS) is 18.8.